The van der Waals surface area contributed by atoms with Crippen molar-refractivity contribution >= 4 is 10.9 Å². The summed E-state index contributed by atoms with van der Waals surface area (Å²) in [6.07, 6.45) is 0. The van der Waals surface area contributed by atoms with E-state index in [1.807, 2.05) is 30.3 Å². The molecule has 0 unspecified atom stereocenters. The number of methoxy groups -OCH3 is 1. The number of benzene rings is 3. The molecule has 1 heterocycles. The molecule has 0 aliphatic heterocycles. The van der Waals surface area contributed by atoms with E-state index in [4.69, 9.17) is 14.7 Å². The summed E-state index contributed by atoms with van der Waals surface area (Å²) in [4.78, 5) is 9.78. The van der Waals surface area contributed by atoms with Gasteiger partial charge in [-0.05, 0) is 43.7 Å². The summed E-state index contributed by atoms with van der Waals surface area (Å²) in [5.74, 6) is 1.55. The lowest BCUT2D eigenvalue weighted by molar-refractivity contribution is 0.415. The quantitative estimate of drug-likeness (QED) is 0.488. The van der Waals surface area contributed by atoms with Crippen molar-refractivity contribution in [2.24, 2.45) is 0 Å². The van der Waals surface area contributed by atoms with Gasteiger partial charge in [0.05, 0.1) is 18.3 Å². The predicted molar refractivity (Wildman–Crippen MR) is 106 cm³/mol. The molecule has 26 heavy (non-hydrogen) atoms. The van der Waals surface area contributed by atoms with Crippen LogP contribution in [0.4, 0.5) is 0 Å². The van der Waals surface area contributed by atoms with Gasteiger partial charge in [-0.1, -0.05) is 48.0 Å². The molecule has 4 rings (SSSR count). The molecule has 3 nitrogen and oxygen atoms in total. The number of ether oxygens (including phenoxy) is 1. The molecule has 3 aromatic carbocycles. The van der Waals surface area contributed by atoms with Crippen molar-refractivity contribution < 1.29 is 4.74 Å². The number of aryl methyl sites for hydroxylation is 2. The van der Waals surface area contributed by atoms with Gasteiger partial charge >= 0.3 is 0 Å². The second-order valence-corrected chi connectivity index (χ2v) is 6.46. The van der Waals surface area contributed by atoms with Crippen LogP contribution in [0.25, 0.3) is 33.5 Å². The number of hydrogen-bond donors (Lipinski definition) is 0. The molecular formula is C23H20N2O. The Bertz CT molecular complexity index is 1100. The summed E-state index contributed by atoms with van der Waals surface area (Å²) in [6, 6.07) is 22.6. The van der Waals surface area contributed by atoms with Crippen LogP contribution in [-0.4, -0.2) is 17.1 Å². The lowest BCUT2D eigenvalue weighted by Crippen LogP contribution is -1.97. The molecule has 0 amide bonds. The fraction of sp³-hybridized carbons (Fsp3) is 0.130. The average molecular weight is 340 g/mol. The van der Waals surface area contributed by atoms with Crippen LogP contribution in [-0.2, 0) is 0 Å². The summed E-state index contributed by atoms with van der Waals surface area (Å²) in [5, 5.41) is 0.993. The average Bonchev–Trinajstić information content (AvgIpc) is 2.67. The summed E-state index contributed by atoms with van der Waals surface area (Å²) in [6.45, 7) is 4.18. The molecule has 128 valence electrons. The number of rotatable bonds is 3. The van der Waals surface area contributed by atoms with E-state index in [2.05, 4.69) is 50.2 Å². The molecule has 0 bridgehead atoms. The van der Waals surface area contributed by atoms with Crippen molar-refractivity contribution in [1.29, 1.82) is 0 Å². The van der Waals surface area contributed by atoms with Crippen LogP contribution in [0.2, 0.25) is 0 Å². The Morgan fingerprint density at radius 3 is 2.42 bits per heavy atom. The summed E-state index contributed by atoms with van der Waals surface area (Å²) in [7, 11) is 1.68. The Hall–Kier alpha value is -3.20. The zero-order valence-corrected chi connectivity index (χ0v) is 15.2. The SMILES string of the molecule is COc1ccc2nc(-c3ccccc3C)nc(-c3cccc(C)c3)c2c1. The Kier molecular flexibility index (Phi) is 4.13. The van der Waals surface area contributed by atoms with Gasteiger partial charge in [0.2, 0.25) is 0 Å². The van der Waals surface area contributed by atoms with Gasteiger partial charge < -0.3 is 4.74 Å². The van der Waals surface area contributed by atoms with Gasteiger partial charge in [-0.3, -0.25) is 0 Å². The molecule has 4 aromatic rings. The number of aromatic nitrogens is 2. The maximum Gasteiger partial charge on any atom is 0.160 e. The van der Waals surface area contributed by atoms with E-state index in [-0.39, 0.29) is 0 Å². The molecule has 3 heteroatoms. The number of hydrogen-bond acceptors (Lipinski definition) is 3. The zero-order valence-electron chi connectivity index (χ0n) is 15.2. The first-order chi connectivity index (χ1) is 12.7. The maximum atomic E-state index is 5.42. The van der Waals surface area contributed by atoms with E-state index in [1.54, 1.807) is 7.11 Å². The molecular weight excluding hydrogens is 320 g/mol. The van der Waals surface area contributed by atoms with Gasteiger partial charge in [-0.25, -0.2) is 9.97 Å². The first kappa shape index (κ1) is 16.3. The highest BCUT2D eigenvalue weighted by atomic mass is 16.5. The first-order valence-electron chi connectivity index (χ1n) is 8.64. The van der Waals surface area contributed by atoms with Gasteiger partial charge in [0.1, 0.15) is 5.75 Å². The van der Waals surface area contributed by atoms with E-state index in [0.717, 1.165) is 44.9 Å². The van der Waals surface area contributed by atoms with Crippen LogP contribution < -0.4 is 4.74 Å². The van der Waals surface area contributed by atoms with Gasteiger partial charge in [0.25, 0.3) is 0 Å². The number of nitrogens with zero attached hydrogens (tertiary/aromatic N) is 2. The van der Waals surface area contributed by atoms with E-state index >= 15 is 0 Å². The Labute approximate surface area is 153 Å². The summed E-state index contributed by atoms with van der Waals surface area (Å²) < 4.78 is 5.42. The highest BCUT2D eigenvalue weighted by molar-refractivity contribution is 5.94. The Balaban J connectivity index is 2.04. The minimum atomic E-state index is 0.747. The van der Waals surface area contributed by atoms with Crippen LogP contribution in [0.1, 0.15) is 11.1 Å². The second-order valence-electron chi connectivity index (χ2n) is 6.46. The first-order valence-corrected chi connectivity index (χ1v) is 8.64. The lowest BCUT2D eigenvalue weighted by Gasteiger charge is -2.12. The van der Waals surface area contributed by atoms with Crippen LogP contribution in [0.3, 0.4) is 0 Å². The fourth-order valence-corrected chi connectivity index (χ4v) is 3.19. The third-order valence-corrected chi connectivity index (χ3v) is 4.58. The van der Waals surface area contributed by atoms with Gasteiger partial charge in [-0.2, -0.15) is 0 Å². The van der Waals surface area contributed by atoms with Crippen LogP contribution >= 0.6 is 0 Å². The minimum Gasteiger partial charge on any atom is -0.497 e. The molecule has 0 spiro atoms. The van der Waals surface area contributed by atoms with Crippen molar-refractivity contribution in [2.75, 3.05) is 7.11 Å². The summed E-state index contributed by atoms with van der Waals surface area (Å²) >= 11 is 0. The third kappa shape index (κ3) is 2.92. The van der Waals surface area contributed by atoms with E-state index in [1.165, 1.54) is 5.56 Å². The van der Waals surface area contributed by atoms with E-state index in [0.29, 0.717) is 0 Å². The van der Waals surface area contributed by atoms with Crippen molar-refractivity contribution in [3.05, 3.63) is 77.9 Å². The third-order valence-electron chi connectivity index (χ3n) is 4.58. The van der Waals surface area contributed by atoms with Crippen molar-refractivity contribution in [3.8, 4) is 28.4 Å². The predicted octanol–water partition coefficient (Wildman–Crippen LogP) is 5.59. The van der Waals surface area contributed by atoms with E-state index in [9.17, 15) is 0 Å². The second kappa shape index (κ2) is 6.60. The van der Waals surface area contributed by atoms with Gasteiger partial charge in [0.15, 0.2) is 5.82 Å². The summed E-state index contributed by atoms with van der Waals surface area (Å²) in [5.41, 5.74) is 6.34. The Morgan fingerprint density at radius 1 is 0.808 bits per heavy atom. The number of fused-ring (bicyclic) bond motifs is 1. The highest BCUT2D eigenvalue weighted by Gasteiger charge is 2.13. The van der Waals surface area contributed by atoms with Crippen molar-refractivity contribution in [2.45, 2.75) is 13.8 Å². The van der Waals surface area contributed by atoms with Gasteiger partial charge in [0, 0.05) is 16.5 Å². The molecule has 0 atom stereocenters. The topological polar surface area (TPSA) is 35.0 Å². The monoisotopic (exact) mass is 340 g/mol. The van der Waals surface area contributed by atoms with Crippen molar-refractivity contribution in [3.63, 3.8) is 0 Å². The van der Waals surface area contributed by atoms with Gasteiger partial charge in [-0.15, -0.1) is 0 Å². The standard InChI is InChI=1S/C23H20N2O/c1-15-7-6-9-17(13-15)22-20-14-18(26-3)11-12-21(20)24-23(25-22)19-10-5-4-8-16(19)2/h4-14H,1-3H3. The molecule has 0 aliphatic rings. The largest absolute Gasteiger partial charge is 0.497 e. The zero-order chi connectivity index (χ0) is 18.1. The molecule has 0 saturated carbocycles. The van der Waals surface area contributed by atoms with Crippen LogP contribution in [0.15, 0.2) is 66.7 Å². The highest BCUT2D eigenvalue weighted by Crippen LogP contribution is 2.32. The molecule has 1 aromatic heterocycles. The van der Waals surface area contributed by atoms with Crippen LogP contribution in [0.5, 0.6) is 5.75 Å². The normalized spacial score (nSPS) is 10.9. The van der Waals surface area contributed by atoms with Crippen LogP contribution in [0, 0.1) is 13.8 Å². The molecule has 0 aliphatic carbocycles. The maximum absolute atomic E-state index is 5.42. The van der Waals surface area contributed by atoms with Crippen molar-refractivity contribution in [1.82, 2.24) is 9.97 Å². The molecule has 0 radical (unpaired) electrons. The smallest absolute Gasteiger partial charge is 0.160 e. The Morgan fingerprint density at radius 2 is 1.65 bits per heavy atom. The molecule has 0 saturated heterocycles. The fourth-order valence-electron chi connectivity index (χ4n) is 3.19. The molecule has 0 N–H and O–H groups in total. The minimum absolute atomic E-state index is 0.747. The lowest BCUT2D eigenvalue weighted by atomic mass is 10.0. The van der Waals surface area contributed by atoms with E-state index < -0.39 is 0 Å². The molecule has 0 fully saturated rings.